The fraction of sp³-hybridized carbons (Fsp3) is 0.235. The number of hydrogen-bond donors (Lipinski definition) is 1. The highest BCUT2D eigenvalue weighted by atomic mass is 127. The average molecular weight is 472 g/mol. The van der Waals surface area contributed by atoms with Gasteiger partial charge in [0.2, 0.25) is 10.0 Å². The summed E-state index contributed by atoms with van der Waals surface area (Å²) >= 11 is 2.16. The Balaban J connectivity index is 1.82. The van der Waals surface area contributed by atoms with Crippen molar-refractivity contribution in [2.24, 2.45) is 0 Å². The first-order valence-electron chi connectivity index (χ1n) is 7.72. The number of morpholine rings is 1. The van der Waals surface area contributed by atoms with Gasteiger partial charge >= 0.3 is 0 Å². The molecule has 0 unspecified atom stereocenters. The van der Waals surface area contributed by atoms with E-state index in [0.29, 0.717) is 37.6 Å². The number of carbonyl (C=O) groups excluding carboxylic acids is 1. The molecule has 0 saturated carbocycles. The van der Waals surface area contributed by atoms with Gasteiger partial charge in [0.15, 0.2) is 0 Å². The van der Waals surface area contributed by atoms with Gasteiger partial charge in [-0.25, -0.2) is 8.42 Å². The lowest BCUT2D eigenvalue weighted by Gasteiger charge is -2.26. The number of nitrogens with one attached hydrogen (secondary N) is 1. The first-order chi connectivity index (χ1) is 12.0. The lowest BCUT2D eigenvalue weighted by molar-refractivity contribution is 0.0730. The molecule has 132 valence electrons. The third-order valence-corrected chi connectivity index (χ3v) is 6.35. The molecule has 25 heavy (non-hydrogen) atoms. The minimum atomic E-state index is -3.63. The van der Waals surface area contributed by atoms with Crippen LogP contribution in [0.25, 0.3) is 0 Å². The number of hydrogen-bond acceptors (Lipinski definition) is 4. The van der Waals surface area contributed by atoms with Gasteiger partial charge in [0.25, 0.3) is 5.91 Å². The van der Waals surface area contributed by atoms with Gasteiger partial charge in [0.05, 0.1) is 18.1 Å². The predicted octanol–water partition coefficient (Wildman–Crippen LogP) is 2.56. The first-order valence-corrected chi connectivity index (χ1v) is 10.2. The molecule has 8 heteroatoms. The van der Waals surface area contributed by atoms with Crippen molar-refractivity contribution < 1.29 is 17.9 Å². The van der Waals surface area contributed by atoms with E-state index in [9.17, 15) is 13.2 Å². The molecule has 6 nitrogen and oxygen atoms in total. The molecule has 1 N–H and O–H groups in total. The number of rotatable bonds is 4. The lowest BCUT2D eigenvalue weighted by atomic mass is 10.2. The molecule has 1 heterocycles. The fourth-order valence-corrected chi connectivity index (χ4v) is 4.50. The standard InChI is InChI=1S/C17H17IN2O4S/c18-14-4-2-5-15(12-14)19-17(21)13-3-1-6-16(11-13)25(22,23)20-7-9-24-10-8-20/h1-6,11-12H,7-10H2,(H,19,21). The zero-order valence-corrected chi connectivity index (χ0v) is 16.3. The second-order valence-electron chi connectivity index (χ2n) is 5.51. The Morgan fingerprint density at radius 1 is 1.08 bits per heavy atom. The normalized spacial score (nSPS) is 15.7. The van der Waals surface area contributed by atoms with E-state index in [1.165, 1.54) is 16.4 Å². The molecule has 1 fully saturated rings. The van der Waals surface area contributed by atoms with Gasteiger partial charge in [-0.1, -0.05) is 12.1 Å². The van der Waals surface area contributed by atoms with Gasteiger partial charge in [-0.15, -0.1) is 0 Å². The molecule has 0 aromatic heterocycles. The maximum atomic E-state index is 12.7. The van der Waals surface area contributed by atoms with Gasteiger partial charge in [-0.05, 0) is 59.0 Å². The number of halogens is 1. The molecule has 3 rings (SSSR count). The molecule has 0 atom stereocenters. The van der Waals surface area contributed by atoms with Crippen LogP contribution in [0.15, 0.2) is 53.4 Å². The molecule has 0 radical (unpaired) electrons. The van der Waals surface area contributed by atoms with Gasteiger partial charge in [0.1, 0.15) is 0 Å². The summed E-state index contributed by atoms with van der Waals surface area (Å²) in [6.07, 6.45) is 0. The lowest BCUT2D eigenvalue weighted by Crippen LogP contribution is -2.40. The average Bonchev–Trinajstić information content (AvgIpc) is 2.62. The summed E-state index contributed by atoms with van der Waals surface area (Å²) in [4.78, 5) is 12.6. The smallest absolute Gasteiger partial charge is 0.255 e. The van der Waals surface area contributed by atoms with E-state index >= 15 is 0 Å². The number of amides is 1. The highest BCUT2D eigenvalue weighted by molar-refractivity contribution is 14.1. The number of carbonyl (C=O) groups is 1. The van der Waals surface area contributed by atoms with Crippen molar-refractivity contribution in [3.8, 4) is 0 Å². The van der Waals surface area contributed by atoms with E-state index in [-0.39, 0.29) is 10.8 Å². The van der Waals surface area contributed by atoms with Crippen molar-refractivity contribution in [2.75, 3.05) is 31.6 Å². The summed E-state index contributed by atoms with van der Waals surface area (Å²) in [5.41, 5.74) is 0.964. The number of sulfonamides is 1. The van der Waals surface area contributed by atoms with Crippen LogP contribution in [0.1, 0.15) is 10.4 Å². The van der Waals surface area contributed by atoms with Crippen molar-refractivity contribution in [3.63, 3.8) is 0 Å². The third kappa shape index (κ3) is 4.38. The molecule has 1 saturated heterocycles. The summed E-state index contributed by atoms with van der Waals surface area (Å²) < 4.78 is 33.0. The molecule has 1 amide bonds. The Morgan fingerprint density at radius 3 is 2.52 bits per heavy atom. The molecule has 2 aromatic rings. The summed E-state index contributed by atoms with van der Waals surface area (Å²) in [7, 11) is -3.63. The summed E-state index contributed by atoms with van der Waals surface area (Å²) in [6, 6.07) is 13.5. The van der Waals surface area contributed by atoms with Crippen LogP contribution in [0.5, 0.6) is 0 Å². The Labute approximate surface area is 160 Å². The first kappa shape index (κ1) is 18.3. The van der Waals surface area contributed by atoms with E-state index in [2.05, 4.69) is 27.9 Å². The Kier molecular flexibility index (Phi) is 5.72. The van der Waals surface area contributed by atoms with Crippen LogP contribution >= 0.6 is 22.6 Å². The molecule has 0 bridgehead atoms. The van der Waals surface area contributed by atoms with E-state index in [1.807, 2.05) is 18.2 Å². The van der Waals surface area contributed by atoms with Crippen LogP contribution in [-0.4, -0.2) is 44.9 Å². The van der Waals surface area contributed by atoms with E-state index in [1.54, 1.807) is 18.2 Å². The maximum absolute atomic E-state index is 12.7. The SMILES string of the molecule is O=C(Nc1cccc(I)c1)c1cccc(S(=O)(=O)N2CCOCC2)c1. The molecule has 2 aromatic carbocycles. The molecule has 1 aliphatic rings. The second kappa shape index (κ2) is 7.81. The molecular weight excluding hydrogens is 455 g/mol. The number of ether oxygens (including phenoxy) is 1. The molecule has 1 aliphatic heterocycles. The van der Waals surface area contributed by atoms with Crippen molar-refractivity contribution >= 4 is 44.2 Å². The Bertz CT molecular complexity index is 880. The van der Waals surface area contributed by atoms with Crippen LogP contribution in [0.3, 0.4) is 0 Å². The molecule has 0 spiro atoms. The fourth-order valence-electron chi connectivity index (χ4n) is 2.50. The van der Waals surface area contributed by atoms with E-state index < -0.39 is 10.0 Å². The largest absolute Gasteiger partial charge is 0.379 e. The van der Waals surface area contributed by atoms with Crippen molar-refractivity contribution in [2.45, 2.75) is 4.90 Å². The second-order valence-corrected chi connectivity index (χ2v) is 8.69. The maximum Gasteiger partial charge on any atom is 0.255 e. The van der Waals surface area contributed by atoms with Crippen LogP contribution in [0, 0.1) is 3.57 Å². The van der Waals surface area contributed by atoms with Crippen molar-refractivity contribution in [3.05, 3.63) is 57.7 Å². The van der Waals surface area contributed by atoms with Crippen LogP contribution < -0.4 is 5.32 Å². The Hall–Kier alpha value is -1.49. The zero-order valence-electron chi connectivity index (χ0n) is 13.3. The Morgan fingerprint density at radius 2 is 1.80 bits per heavy atom. The highest BCUT2D eigenvalue weighted by Gasteiger charge is 2.26. The van der Waals surface area contributed by atoms with Crippen LogP contribution in [0.2, 0.25) is 0 Å². The van der Waals surface area contributed by atoms with Gasteiger partial charge in [-0.3, -0.25) is 4.79 Å². The molecule has 0 aliphatic carbocycles. The molecular formula is C17H17IN2O4S. The minimum Gasteiger partial charge on any atom is -0.379 e. The summed E-state index contributed by atoms with van der Waals surface area (Å²) in [5.74, 6) is -0.346. The van der Waals surface area contributed by atoms with E-state index in [0.717, 1.165) is 3.57 Å². The van der Waals surface area contributed by atoms with Crippen LogP contribution in [0.4, 0.5) is 5.69 Å². The summed E-state index contributed by atoms with van der Waals surface area (Å²) in [6.45, 7) is 1.40. The number of benzene rings is 2. The van der Waals surface area contributed by atoms with Gasteiger partial charge in [-0.2, -0.15) is 4.31 Å². The zero-order chi connectivity index (χ0) is 17.9. The number of anilines is 1. The van der Waals surface area contributed by atoms with Crippen molar-refractivity contribution in [1.82, 2.24) is 4.31 Å². The minimum absolute atomic E-state index is 0.115. The topological polar surface area (TPSA) is 75.7 Å². The van der Waals surface area contributed by atoms with Crippen molar-refractivity contribution in [1.29, 1.82) is 0 Å². The summed E-state index contributed by atoms with van der Waals surface area (Å²) in [5, 5.41) is 2.79. The number of nitrogens with zero attached hydrogens (tertiary/aromatic N) is 1. The quantitative estimate of drug-likeness (QED) is 0.695. The van der Waals surface area contributed by atoms with E-state index in [4.69, 9.17) is 4.74 Å². The third-order valence-electron chi connectivity index (χ3n) is 3.79. The highest BCUT2D eigenvalue weighted by Crippen LogP contribution is 2.19. The monoisotopic (exact) mass is 472 g/mol. The van der Waals surface area contributed by atoms with Gasteiger partial charge in [0, 0.05) is 27.9 Å². The van der Waals surface area contributed by atoms with Crippen LogP contribution in [-0.2, 0) is 14.8 Å². The predicted molar refractivity (Wildman–Crippen MR) is 103 cm³/mol. The van der Waals surface area contributed by atoms with Gasteiger partial charge < -0.3 is 10.1 Å².